The lowest BCUT2D eigenvalue weighted by atomic mass is 9.93. The monoisotopic (exact) mass is 507 g/mol. The number of nitrogens with one attached hydrogen (secondary N) is 2. The number of nitrogens with zero attached hydrogens (tertiary/aromatic N) is 3. The van der Waals surface area contributed by atoms with Crippen LogP contribution in [0.4, 0.5) is 0 Å². The Morgan fingerprint density at radius 1 is 1.18 bits per heavy atom. The molecule has 0 aromatic carbocycles. The molecule has 6 nitrogen and oxygen atoms in total. The molecule has 2 saturated heterocycles. The number of amides is 1. The molecule has 2 heterocycles. The highest BCUT2D eigenvalue weighted by Gasteiger charge is 2.30. The Labute approximate surface area is 189 Å². The number of piperidine rings is 2. The second-order valence-electron chi connectivity index (χ2n) is 8.98. The lowest BCUT2D eigenvalue weighted by Crippen LogP contribution is -2.52. The van der Waals surface area contributed by atoms with Crippen molar-refractivity contribution < 1.29 is 4.79 Å². The molecule has 2 aliphatic heterocycles. The van der Waals surface area contributed by atoms with Gasteiger partial charge in [-0.2, -0.15) is 0 Å². The van der Waals surface area contributed by atoms with Gasteiger partial charge in [-0.15, -0.1) is 24.0 Å². The van der Waals surface area contributed by atoms with Crippen LogP contribution in [0.3, 0.4) is 0 Å². The molecule has 0 radical (unpaired) electrons. The van der Waals surface area contributed by atoms with E-state index in [9.17, 15) is 4.79 Å². The van der Waals surface area contributed by atoms with E-state index in [1.165, 1.54) is 25.9 Å². The van der Waals surface area contributed by atoms with E-state index in [2.05, 4.69) is 48.1 Å². The van der Waals surface area contributed by atoms with Gasteiger partial charge in [-0.25, -0.2) is 0 Å². The first-order valence-corrected chi connectivity index (χ1v) is 10.8. The predicted octanol–water partition coefficient (Wildman–Crippen LogP) is 2.93. The van der Waals surface area contributed by atoms with Gasteiger partial charge in [-0.3, -0.25) is 14.7 Å². The quantitative estimate of drug-likeness (QED) is 0.330. The number of aliphatic imine (C=N–C) groups is 1. The molecule has 0 saturated carbocycles. The van der Waals surface area contributed by atoms with E-state index in [1.54, 1.807) is 7.05 Å². The van der Waals surface area contributed by atoms with E-state index >= 15 is 0 Å². The van der Waals surface area contributed by atoms with Gasteiger partial charge in [0.25, 0.3) is 0 Å². The molecule has 1 atom stereocenters. The fourth-order valence-corrected chi connectivity index (χ4v) is 4.25. The number of hydrogen-bond donors (Lipinski definition) is 2. The summed E-state index contributed by atoms with van der Waals surface area (Å²) >= 11 is 0. The average molecular weight is 508 g/mol. The molecule has 164 valence electrons. The average Bonchev–Trinajstić information content (AvgIpc) is 2.66. The highest BCUT2D eigenvalue weighted by Crippen LogP contribution is 2.25. The third-order valence-electron chi connectivity index (χ3n) is 6.13. The van der Waals surface area contributed by atoms with Crippen molar-refractivity contribution in [2.24, 2.45) is 16.8 Å². The van der Waals surface area contributed by atoms with Crippen LogP contribution in [0.2, 0.25) is 0 Å². The second-order valence-corrected chi connectivity index (χ2v) is 8.98. The maximum Gasteiger partial charge on any atom is 0.220 e. The minimum absolute atomic E-state index is 0. The van der Waals surface area contributed by atoms with Crippen LogP contribution in [-0.4, -0.2) is 73.5 Å². The van der Waals surface area contributed by atoms with E-state index in [4.69, 9.17) is 4.99 Å². The van der Waals surface area contributed by atoms with Crippen molar-refractivity contribution in [3.63, 3.8) is 0 Å². The largest absolute Gasteiger partial charge is 0.359 e. The Hall–Kier alpha value is -0.570. The third-order valence-corrected chi connectivity index (χ3v) is 6.13. The Morgan fingerprint density at radius 2 is 1.86 bits per heavy atom. The van der Waals surface area contributed by atoms with Crippen molar-refractivity contribution in [2.45, 2.75) is 65.3 Å². The molecule has 0 bridgehead atoms. The van der Waals surface area contributed by atoms with Gasteiger partial charge >= 0.3 is 0 Å². The summed E-state index contributed by atoms with van der Waals surface area (Å²) in [7, 11) is 1.72. The Kier molecular flexibility index (Phi) is 11.1. The number of carbonyl (C=O) groups is 1. The number of halogens is 1. The van der Waals surface area contributed by atoms with Crippen LogP contribution in [0.15, 0.2) is 4.99 Å². The standard InChI is InChI=1S/C21H41N5O.HI/c1-6-23-20(25-12-9-18(10-13-25)14-19(27)22-5)24-16-21(3,4)26-11-7-8-17(2)15-26;/h17-18H,6-16H2,1-5H3,(H,22,27)(H,23,24);1H. The minimum Gasteiger partial charge on any atom is -0.359 e. The zero-order valence-electron chi connectivity index (χ0n) is 18.6. The van der Waals surface area contributed by atoms with Crippen LogP contribution >= 0.6 is 24.0 Å². The number of hydrogen-bond acceptors (Lipinski definition) is 3. The lowest BCUT2D eigenvalue weighted by molar-refractivity contribution is -0.121. The van der Waals surface area contributed by atoms with Gasteiger partial charge in [0.15, 0.2) is 5.96 Å². The first kappa shape index (κ1) is 25.5. The first-order valence-electron chi connectivity index (χ1n) is 10.8. The van der Waals surface area contributed by atoms with Crippen molar-refractivity contribution in [1.82, 2.24) is 20.4 Å². The molecule has 0 spiro atoms. The van der Waals surface area contributed by atoms with E-state index in [0.29, 0.717) is 12.3 Å². The zero-order chi connectivity index (χ0) is 19.9. The summed E-state index contributed by atoms with van der Waals surface area (Å²) in [6.45, 7) is 15.2. The van der Waals surface area contributed by atoms with E-state index in [-0.39, 0.29) is 35.4 Å². The maximum absolute atomic E-state index is 11.6. The van der Waals surface area contributed by atoms with Crippen molar-refractivity contribution in [2.75, 3.05) is 46.3 Å². The number of guanidine groups is 1. The van der Waals surface area contributed by atoms with Gasteiger partial charge in [0.05, 0.1) is 6.54 Å². The molecule has 0 aromatic heterocycles. The molecular formula is C21H42IN5O. The molecule has 1 unspecified atom stereocenters. The highest BCUT2D eigenvalue weighted by atomic mass is 127. The molecular weight excluding hydrogens is 465 g/mol. The summed E-state index contributed by atoms with van der Waals surface area (Å²) in [6, 6.07) is 0. The summed E-state index contributed by atoms with van der Waals surface area (Å²) in [6.07, 6.45) is 5.42. The molecule has 28 heavy (non-hydrogen) atoms. The molecule has 7 heteroatoms. The van der Waals surface area contributed by atoms with Gasteiger partial charge in [0.2, 0.25) is 5.91 Å². The Balaban J connectivity index is 0.00000392. The molecule has 2 N–H and O–H groups in total. The van der Waals surface area contributed by atoms with E-state index in [0.717, 1.165) is 50.9 Å². The summed E-state index contributed by atoms with van der Waals surface area (Å²) in [5.41, 5.74) is 0.0902. The summed E-state index contributed by atoms with van der Waals surface area (Å²) < 4.78 is 0. The van der Waals surface area contributed by atoms with Gasteiger partial charge in [0.1, 0.15) is 0 Å². The second kappa shape index (κ2) is 12.2. The molecule has 2 fully saturated rings. The highest BCUT2D eigenvalue weighted by molar-refractivity contribution is 14.0. The van der Waals surface area contributed by atoms with Crippen LogP contribution in [0.25, 0.3) is 0 Å². The van der Waals surface area contributed by atoms with Crippen molar-refractivity contribution >= 4 is 35.8 Å². The summed E-state index contributed by atoms with van der Waals surface area (Å²) in [4.78, 5) is 21.6. The fourth-order valence-electron chi connectivity index (χ4n) is 4.25. The Bertz CT molecular complexity index is 503. The molecule has 0 aliphatic carbocycles. The van der Waals surface area contributed by atoms with Crippen molar-refractivity contribution in [1.29, 1.82) is 0 Å². The topological polar surface area (TPSA) is 60.0 Å². The minimum atomic E-state index is 0. The predicted molar refractivity (Wildman–Crippen MR) is 128 cm³/mol. The maximum atomic E-state index is 11.6. The van der Waals surface area contributed by atoms with Crippen LogP contribution < -0.4 is 10.6 Å². The lowest BCUT2D eigenvalue weighted by Gasteiger charge is -2.42. The van der Waals surface area contributed by atoms with Gasteiger partial charge in [-0.05, 0) is 64.8 Å². The summed E-state index contributed by atoms with van der Waals surface area (Å²) in [5, 5.41) is 6.23. The number of likely N-dealkylation sites (tertiary alicyclic amines) is 2. The third kappa shape index (κ3) is 7.69. The van der Waals surface area contributed by atoms with E-state index in [1.807, 2.05) is 0 Å². The van der Waals surface area contributed by atoms with Crippen LogP contribution in [-0.2, 0) is 4.79 Å². The summed E-state index contributed by atoms with van der Waals surface area (Å²) in [5.74, 6) is 2.48. The zero-order valence-corrected chi connectivity index (χ0v) is 20.9. The number of carbonyl (C=O) groups excluding carboxylic acids is 1. The fraction of sp³-hybridized carbons (Fsp3) is 0.905. The van der Waals surface area contributed by atoms with Gasteiger partial charge in [0, 0.05) is 45.2 Å². The number of rotatable bonds is 6. The van der Waals surface area contributed by atoms with Crippen molar-refractivity contribution in [3.05, 3.63) is 0 Å². The van der Waals surface area contributed by atoms with Crippen LogP contribution in [0, 0.1) is 11.8 Å². The first-order chi connectivity index (χ1) is 12.9. The van der Waals surface area contributed by atoms with Gasteiger partial charge in [-0.1, -0.05) is 6.92 Å². The van der Waals surface area contributed by atoms with Crippen molar-refractivity contribution in [3.8, 4) is 0 Å². The van der Waals surface area contributed by atoms with Crippen LogP contribution in [0.1, 0.15) is 59.8 Å². The molecule has 2 aliphatic rings. The van der Waals surface area contributed by atoms with Crippen LogP contribution in [0.5, 0.6) is 0 Å². The smallest absolute Gasteiger partial charge is 0.220 e. The Morgan fingerprint density at radius 3 is 2.43 bits per heavy atom. The SMILES string of the molecule is CCNC(=NCC(C)(C)N1CCCC(C)C1)N1CCC(CC(=O)NC)CC1.I. The normalized spacial score (nSPS) is 22.5. The van der Waals surface area contributed by atoms with E-state index < -0.39 is 0 Å². The molecule has 1 amide bonds. The van der Waals surface area contributed by atoms with Gasteiger partial charge < -0.3 is 15.5 Å². The molecule has 2 rings (SSSR count). The molecule has 0 aromatic rings.